The Bertz CT molecular complexity index is 599. The van der Waals surface area contributed by atoms with Crippen LogP contribution in [-0.4, -0.2) is 23.9 Å². The lowest BCUT2D eigenvalue weighted by molar-refractivity contribution is 0.0955. The second-order valence-electron chi connectivity index (χ2n) is 6.17. The van der Waals surface area contributed by atoms with Crippen LogP contribution in [-0.2, 0) is 13.1 Å². The number of carbonyl (C=O) groups excluding carboxylic acids is 1. The van der Waals surface area contributed by atoms with Crippen LogP contribution in [0.15, 0.2) is 41.8 Å². The van der Waals surface area contributed by atoms with Crippen molar-refractivity contribution in [3.05, 3.63) is 57.8 Å². The highest BCUT2D eigenvalue weighted by Crippen LogP contribution is 2.14. The van der Waals surface area contributed by atoms with Crippen molar-refractivity contribution in [2.75, 3.05) is 13.1 Å². The number of thiophene rings is 1. The average molecular weight is 328 g/mol. The van der Waals surface area contributed by atoms with E-state index in [1.165, 1.54) is 55.7 Å². The summed E-state index contributed by atoms with van der Waals surface area (Å²) in [5.41, 5.74) is 2.51. The fourth-order valence-corrected chi connectivity index (χ4v) is 3.63. The van der Waals surface area contributed by atoms with E-state index < -0.39 is 0 Å². The lowest BCUT2D eigenvalue weighted by atomic mass is 10.1. The van der Waals surface area contributed by atoms with E-state index >= 15 is 0 Å². The molecule has 3 nitrogen and oxygen atoms in total. The van der Waals surface area contributed by atoms with Crippen molar-refractivity contribution in [3.8, 4) is 0 Å². The number of nitrogens with one attached hydrogen (secondary N) is 1. The normalized spacial score (nSPS) is 16.0. The van der Waals surface area contributed by atoms with E-state index in [1.807, 2.05) is 17.5 Å². The van der Waals surface area contributed by atoms with Gasteiger partial charge in [0.2, 0.25) is 0 Å². The Morgan fingerprint density at radius 1 is 1.00 bits per heavy atom. The Kier molecular flexibility index (Phi) is 5.83. The molecule has 1 aliphatic heterocycles. The van der Waals surface area contributed by atoms with Crippen molar-refractivity contribution in [1.82, 2.24) is 10.2 Å². The van der Waals surface area contributed by atoms with Crippen LogP contribution in [0.1, 0.15) is 46.5 Å². The lowest BCUT2D eigenvalue weighted by Crippen LogP contribution is -2.24. The van der Waals surface area contributed by atoms with Gasteiger partial charge in [0.05, 0.1) is 4.88 Å². The maximum Gasteiger partial charge on any atom is 0.261 e. The standard InChI is InChI=1S/C19H24N2OS/c22-19(18-6-5-13-23-18)20-14-16-7-9-17(10-8-16)15-21-11-3-1-2-4-12-21/h5-10,13H,1-4,11-12,14-15H2,(H,20,22). The van der Waals surface area contributed by atoms with Crippen LogP contribution < -0.4 is 5.32 Å². The molecule has 0 unspecified atom stereocenters. The Morgan fingerprint density at radius 2 is 1.70 bits per heavy atom. The Balaban J connectivity index is 1.49. The number of benzene rings is 1. The molecule has 0 aliphatic carbocycles. The molecular formula is C19H24N2OS. The minimum absolute atomic E-state index is 0.00800. The van der Waals surface area contributed by atoms with Crippen LogP contribution in [0.3, 0.4) is 0 Å². The van der Waals surface area contributed by atoms with Crippen LogP contribution in [0, 0.1) is 0 Å². The zero-order chi connectivity index (χ0) is 15.9. The number of carbonyl (C=O) groups is 1. The minimum atomic E-state index is 0.00800. The molecule has 23 heavy (non-hydrogen) atoms. The van der Waals surface area contributed by atoms with Gasteiger partial charge in [0.25, 0.3) is 5.91 Å². The molecule has 3 rings (SSSR count). The molecule has 1 saturated heterocycles. The van der Waals surface area contributed by atoms with E-state index in [9.17, 15) is 4.79 Å². The van der Waals surface area contributed by atoms with Crippen molar-refractivity contribution in [1.29, 1.82) is 0 Å². The summed E-state index contributed by atoms with van der Waals surface area (Å²) in [6.45, 7) is 4.07. The molecule has 122 valence electrons. The zero-order valence-electron chi connectivity index (χ0n) is 13.5. The van der Waals surface area contributed by atoms with Gasteiger partial charge in [-0.05, 0) is 48.5 Å². The van der Waals surface area contributed by atoms with Crippen molar-refractivity contribution in [2.24, 2.45) is 0 Å². The van der Waals surface area contributed by atoms with Gasteiger partial charge in [0.1, 0.15) is 0 Å². The highest BCUT2D eigenvalue weighted by Gasteiger charge is 2.09. The molecule has 0 atom stereocenters. The lowest BCUT2D eigenvalue weighted by Gasteiger charge is -2.19. The summed E-state index contributed by atoms with van der Waals surface area (Å²) in [5.74, 6) is 0.00800. The SMILES string of the molecule is O=C(NCc1ccc(CN2CCCCCC2)cc1)c1cccs1. The van der Waals surface area contributed by atoms with Gasteiger partial charge in [0.15, 0.2) is 0 Å². The third kappa shape index (κ3) is 4.91. The molecule has 1 amide bonds. The van der Waals surface area contributed by atoms with E-state index in [2.05, 4.69) is 34.5 Å². The van der Waals surface area contributed by atoms with Gasteiger partial charge < -0.3 is 5.32 Å². The highest BCUT2D eigenvalue weighted by atomic mass is 32.1. The van der Waals surface area contributed by atoms with Crippen molar-refractivity contribution in [2.45, 2.75) is 38.8 Å². The smallest absolute Gasteiger partial charge is 0.261 e. The molecule has 2 heterocycles. The molecule has 0 saturated carbocycles. The Labute approximate surface area is 142 Å². The van der Waals surface area contributed by atoms with Gasteiger partial charge in [-0.3, -0.25) is 9.69 Å². The number of hydrogen-bond acceptors (Lipinski definition) is 3. The van der Waals surface area contributed by atoms with Gasteiger partial charge in [-0.25, -0.2) is 0 Å². The first-order valence-electron chi connectivity index (χ1n) is 8.43. The minimum Gasteiger partial charge on any atom is -0.347 e. The molecule has 0 bridgehead atoms. The van der Waals surface area contributed by atoms with Gasteiger partial charge >= 0.3 is 0 Å². The first-order chi connectivity index (χ1) is 11.3. The maximum atomic E-state index is 11.9. The van der Waals surface area contributed by atoms with E-state index in [0.717, 1.165) is 17.0 Å². The van der Waals surface area contributed by atoms with E-state index in [4.69, 9.17) is 0 Å². The summed E-state index contributed by atoms with van der Waals surface area (Å²) < 4.78 is 0. The predicted molar refractivity (Wildman–Crippen MR) is 95.7 cm³/mol. The third-order valence-corrected chi connectivity index (χ3v) is 5.19. The summed E-state index contributed by atoms with van der Waals surface area (Å²) in [4.78, 5) is 15.3. The first-order valence-corrected chi connectivity index (χ1v) is 9.31. The number of likely N-dealkylation sites (tertiary alicyclic amines) is 1. The summed E-state index contributed by atoms with van der Waals surface area (Å²) >= 11 is 1.47. The zero-order valence-corrected chi connectivity index (χ0v) is 14.3. The van der Waals surface area contributed by atoms with Crippen molar-refractivity contribution in [3.63, 3.8) is 0 Å². The fraction of sp³-hybridized carbons (Fsp3) is 0.421. The van der Waals surface area contributed by atoms with Gasteiger partial charge in [0, 0.05) is 13.1 Å². The largest absolute Gasteiger partial charge is 0.347 e. The summed E-state index contributed by atoms with van der Waals surface area (Å²) in [7, 11) is 0. The monoisotopic (exact) mass is 328 g/mol. The molecule has 4 heteroatoms. The third-order valence-electron chi connectivity index (χ3n) is 4.33. The number of hydrogen-bond donors (Lipinski definition) is 1. The van der Waals surface area contributed by atoms with E-state index in [1.54, 1.807) is 0 Å². The summed E-state index contributed by atoms with van der Waals surface area (Å²) in [6.07, 6.45) is 5.40. The fourth-order valence-electron chi connectivity index (χ4n) is 2.99. The van der Waals surface area contributed by atoms with Crippen LogP contribution in [0.2, 0.25) is 0 Å². The summed E-state index contributed by atoms with van der Waals surface area (Å²) in [6, 6.07) is 12.4. The average Bonchev–Trinajstić information content (AvgIpc) is 3.00. The molecule has 0 radical (unpaired) electrons. The van der Waals surface area contributed by atoms with Crippen LogP contribution in [0.25, 0.3) is 0 Å². The molecule has 0 spiro atoms. The molecule has 2 aromatic rings. The van der Waals surface area contributed by atoms with Crippen molar-refractivity contribution < 1.29 is 4.79 Å². The van der Waals surface area contributed by atoms with Gasteiger partial charge in [-0.1, -0.05) is 43.2 Å². The van der Waals surface area contributed by atoms with Crippen LogP contribution >= 0.6 is 11.3 Å². The second kappa shape index (κ2) is 8.27. The molecule has 1 aromatic heterocycles. The highest BCUT2D eigenvalue weighted by molar-refractivity contribution is 7.12. The number of nitrogens with zero attached hydrogens (tertiary/aromatic N) is 1. The molecule has 1 aromatic carbocycles. The van der Waals surface area contributed by atoms with Gasteiger partial charge in [-0.15, -0.1) is 11.3 Å². The van der Waals surface area contributed by atoms with Crippen LogP contribution in [0.5, 0.6) is 0 Å². The van der Waals surface area contributed by atoms with E-state index in [0.29, 0.717) is 6.54 Å². The topological polar surface area (TPSA) is 32.3 Å². The van der Waals surface area contributed by atoms with Gasteiger partial charge in [-0.2, -0.15) is 0 Å². The molecular weight excluding hydrogens is 304 g/mol. The maximum absolute atomic E-state index is 11.9. The second-order valence-corrected chi connectivity index (χ2v) is 7.11. The number of rotatable bonds is 5. The van der Waals surface area contributed by atoms with Crippen LogP contribution in [0.4, 0.5) is 0 Å². The van der Waals surface area contributed by atoms with E-state index in [-0.39, 0.29) is 5.91 Å². The van der Waals surface area contributed by atoms with Crippen molar-refractivity contribution >= 4 is 17.2 Å². The first kappa shape index (κ1) is 16.2. The number of amides is 1. The molecule has 1 N–H and O–H groups in total. The summed E-state index contributed by atoms with van der Waals surface area (Å²) in [5, 5.41) is 4.89. The molecule has 1 aliphatic rings. The quantitative estimate of drug-likeness (QED) is 0.898. The molecule has 1 fully saturated rings. The predicted octanol–water partition coefficient (Wildman–Crippen LogP) is 4.05. The Morgan fingerprint density at radius 3 is 2.35 bits per heavy atom. The Hall–Kier alpha value is -1.65.